The van der Waals surface area contributed by atoms with Crippen molar-refractivity contribution in [2.75, 3.05) is 13.1 Å². The summed E-state index contributed by atoms with van der Waals surface area (Å²) in [6.07, 6.45) is 0. The smallest absolute Gasteiger partial charge is 0.324 e. The molecule has 1 rings (SSSR count). The van der Waals surface area contributed by atoms with Crippen LogP contribution in [0, 0.1) is 16.0 Å². The molecular weight excluding hydrogens is 266 g/mol. The number of hydrogen-bond donors (Lipinski definition) is 2. The zero-order valence-corrected chi connectivity index (χ0v) is 10.8. The van der Waals surface area contributed by atoms with E-state index in [4.69, 9.17) is 5.73 Å². The molecule has 6 nitrogen and oxygen atoms in total. The molecule has 0 saturated heterocycles. The topological polar surface area (TPSA) is 98.3 Å². The molecule has 3 N–H and O–H groups in total. The third-order valence-corrected chi connectivity index (χ3v) is 2.92. The molecule has 0 radical (unpaired) electrons. The summed E-state index contributed by atoms with van der Waals surface area (Å²) in [6, 6.07) is 1.27. The number of carbonyl (C=O) groups excluding carboxylic acids is 1. The van der Waals surface area contributed by atoms with Gasteiger partial charge in [-0.1, -0.05) is 18.3 Å². The molecule has 1 heterocycles. The van der Waals surface area contributed by atoms with E-state index < -0.39 is 4.92 Å². The van der Waals surface area contributed by atoms with E-state index in [9.17, 15) is 14.9 Å². The van der Waals surface area contributed by atoms with Gasteiger partial charge in [0.1, 0.15) is 0 Å². The zero-order valence-electron chi connectivity index (χ0n) is 9.21. The highest BCUT2D eigenvalue weighted by Gasteiger charge is 2.14. The minimum atomic E-state index is -0.510. The Kier molecular flexibility index (Phi) is 6.71. The van der Waals surface area contributed by atoms with Crippen LogP contribution in [-0.4, -0.2) is 23.9 Å². The second kappa shape index (κ2) is 7.21. The third-order valence-electron chi connectivity index (χ3n) is 2.04. The Balaban J connectivity index is 0.00000256. The summed E-state index contributed by atoms with van der Waals surface area (Å²) in [5.74, 6) is -0.109. The van der Waals surface area contributed by atoms with Crippen LogP contribution in [0.15, 0.2) is 11.4 Å². The summed E-state index contributed by atoms with van der Waals surface area (Å²) < 4.78 is 0. The first-order valence-corrected chi connectivity index (χ1v) is 5.63. The van der Waals surface area contributed by atoms with Crippen LogP contribution in [0.4, 0.5) is 5.00 Å². The minimum absolute atomic E-state index is 0. The molecule has 0 aromatic carbocycles. The Hall–Kier alpha value is -1.18. The first-order valence-electron chi connectivity index (χ1n) is 4.75. The molecule has 0 aliphatic rings. The van der Waals surface area contributed by atoms with Crippen LogP contribution in [0.5, 0.6) is 0 Å². The van der Waals surface area contributed by atoms with Crippen LogP contribution >= 0.6 is 23.7 Å². The summed E-state index contributed by atoms with van der Waals surface area (Å²) in [5, 5.41) is 14.5. The van der Waals surface area contributed by atoms with Gasteiger partial charge in [0.05, 0.1) is 10.5 Å². The van der Waals surface area contributed by atoms with E-state index in [0.717, 1.165) is 11.3 Å². The quantitative estimate of drug-likeness (QED) is 0.629. The summed E-state index contributed by atoms with van der Waals surface area (Å²) in [4.78, 5) is 21.4. The lowest BCUT2D eigenvalue weighted by molar-refractivity contribution is -0.380. The number of halogens is 1. The molecular formula is C9H14ClN3O3S. The zero-order chi connectivity index (χ0) is 12.1. The summed E-state index contributed by atoms with van der Waals surface area (Å²) in [7, 11) is 0. The number of nitrogens with zero attached hydrogens (tertiary/aromatic N) is 1. The molecule has 1 atom stereocenters. The van der Waals surface area contributed by atoms with Crippen molar-refractivity contribution in [2.24, 2.45) is 11.7 Å². The fraction of sp³-hybridized carbons (Fsp3) is 0.444. The van der Waals surface area contributed by atoms with Gasteiger partial charge in [0.25, 0.3) is 5.91 Å². The van der Waals surface area contributed by atoms with E-state index in [-0.39, 0.29) is 29.2 Å². The predicted octanol–water partition coefficient (Wildman–Crippen LogP) is 1.40. The predicted molar refractivity (Wildman–Crippen MR) is 68.8 cm³/mol. The van der Waals surface area contributed by atoms with Gasteiger partial charge in [-0.2, -0.15) is 0 Å². The number of amides is 1. The van der Waals surface area contributed by atoms with Crippen LogP contribution in [0.25, 0.3) is 0 Å². The van der Waals surface area contributed by atoms with E-state index in [1.165, 1.54) is 11.4 Å². The molecule has 17 heavy (non-hydrogen) atoms. The van der Waals surface area contributed by atoms with Gasteiger partial charge in [0.15, 0.2) is 0 Å². The minimum Gasteiger partial charge on any atom is -0.352 e. The van der Waals surface area contributed by atoms with Gasteiger partial charge in [-0.05, 0) is 12.5 Å². The first kappa shape index (κ1) is 15.8. The Morgan fingerprint density at radius 2 is 2.35 bits per heavy atom. The Labute approximate surface area is 109 Å². The van der Waals surface area contributed by atoms with Crippen molar-refractivity contribution in [3.8, 4) is 0 Å². The fourth-order valence-corrected chi connectivity index (χ4v) is 1.70. The van der Waals surface area contributed by atoms with Crippen LogP contribution < -0.4 is 11.1 Å². The van der Waals surface area contributed by atoms with Gasteiger partial charge < -0.3 is 11.1 Å². The van der Waals surface area contributed by atoms with E-state index in [2.05, 4.69) is 5.32 Å². The largest absolute Gasteiger partial charge is 0.352 e. The third kappa shape index (κ3) is 4.68. The molecule has 8 heteroatoms. The molecule has 0 fully saturated rings. The van der Waals surface area contributed by atoms with Crippen molar-refractivity contribution in [1.82, 2.24) is 5.32 Å². The molecule has 0 aliphatic carbocycles. The number of thiophene rings is 1. The average Bonchev–Trinajstić information content (AvgIpc) is 2.74. The van der Waals surface area contributed by atoms with Crippen LogP contribution in [0.3, 0.4) is 0 Å². The maximum absolute atomic E-state index is 11.5. The van der Waals surface area contributed by atoms with Crippen molar-refractivity contribution in [3.05, 3.63) is 27.1 Å². The van der Waals surface area contributed by atoms with Crippen LogP contribution in [-0.2, 0) is 0 Å². The SMILES string of the molecule is CC(CN)CNC(=O)c1csc([N+](=O)[O-])c1.Cl. The van der Waals surface area contributed by atoms with Crippen molar-refractivity contribution < 1.29 is 9.72 Å². The Morgan fingerprint density at radius 1 is 1.71 bits per heavy atom. The Morgan fingerprint density at radius 3 is 2.82 bits per heavy atom. The van der Waals surface area contributed by atoms with Crippen LogP contribution in [0.1, 0.15) is 17.3 Å². The van der Waals surface area contributed by atoms with E-state index in [0.29, 0.717) is 18.7 Å². The lowest BCUT2D eigenvalue weighted by Gasteiger charge is -2.08. The number of nitrogens with one attached hydrogen (secondary N) is 1. The first-order chi connectivity index (χ1) is 7.54. The highest BCUT2D eigenvalue weighted by molar-refractivity contribution is 7.13. The maximum atomic E-state index is 11.5. The molecule has 1 aromatic rings. The molecule has 0 bridgehead atoms. The van der Waals surface area contributed by atoms with Gasteiger partial charge in [0.2, 0.25) is 0 Å². The van der Waals surface area contributed by atoms with Gasteiger partial charge in [-0.15, -0.1) is 12.4 Å². The number of nitrogens with two attached hydrogens (primary N) is 1. The van der Waals surface area contributed by atoms with Crippen molar-refractivity contribution in [2.45, 2.75) is 6.92 Å². The summed E-state index contributed by atoms with van der Waals surface area (Å²) >= 11 is 0.941. The second-order valence-corrected chi connectivity index (χ2v) is 4.37. The lowest BCUT2D eigenvalue weighted by atomic mass is 10.2. The highest BCUT2D eigenvalue weighted by atomic mass is 35.5. The van der Waals surface area contributed by atoms with Crippen molar-refractivity contribution >= 4 is 34.7 Å². The summed E-state index contributed by atoms with van der Waals surface area (Å²) in [5.41, 5.74) is 5.72. The number of carbonyl (C=O) groups is 1. The van der Waals surface area contributed by atoms with E-state index in [1.54, 1.807) is 0 Å². The molecule has 1 amide bonds. The van der Waals surface area contributed by atoms with Gasteiger partial charge >= 0.3 is 5.00 Å². The maximum Gasteiger partial charge on any atom is 0.324 e. The van der Waals surface area contributed by atoms with Gasteiger partial charge in [-0.25, -0.2) is 0 Å². The number of nitro groups is 1. The van der Waals surface area contributed by atoms with Gasteiger partial charge in [0, 0.05) is 18.0 Å². The fourth-order valence-electron chi connectivity index (χ4n) is 0.992. The molecule has 96 valence electrons. The molecule has 0 saturated carbocycles. The highest BCUT2D eigenvalue weighted by Crippen LogP contribution is 2.22. The lowest BCUT2D eigenvalue weighted by Crippen LogP contribution is -2.30. The summed E-state index contributed by atoms with van der Waals surface area (Å²) in [6.45, 7) is 2.87. The molecule has 1 unspecified atom stereocenters. The monoisotopic (exact) mass is 279 g/mol. The second-order valence-electron chi connectivity index (χ2n) is 3.48. The number of hydrogen-bond acceptors (Lipinski definition) is 5. The molecule has 1 aromatic heterocycles. The molecule has 0 spiro atoms. The average molecular weight is 280 g/mol. The molecule has 0 aliphatic heterocycles. The standard InChI is InChI=1S/C9H13N3O3S.ClH/c1-6(3-10)4-11-9(13)7-2-8(12(14)15)16-5-7;/h2,5-6H,3-4,10H2,1H3,(H,11,13);1H. The normalized spacial score (nSPS) is 11.4. The van der Waals surface area contributed by atoms with Crippen LogP contribution in [0.2, 0.25) is 0 Å². The van der Waals surface area contributed by atoms with Crippen molar-refractivity contribution in [3.63, 3.8) is 0 Å². The Bertz CT molecular complexity index is 397. The number of rotatable bonds is 5. The van der Waals surface area contributed by atoms with Crippen molar-refractivity contribution in [1.29, 1.82) is 0 Å². The van der Waals surface area contributed by atoms with E-state index >= 15 is 0 Å². The van der Waals surface area contributed by atoms with Gasteiger partial charge in [-0.3, -0.25) is 14.9 Å². The van der Waals surface area contributed by atoms with E-state index in [1.807, 2.05) is 6.92 Å².